The van der Waals surface area contributed by atoms with Gasteiger partial charge in [0.2, 0.25) is 0 Å². The van der Waals surface area contributed by atoms with Crippen LogP contribution in [0.4, 0.5) is 0 Å². The maximum Gasteiger partial charge on any atom is 0.0644 e. The molecule has 0 saturated carbocycles. The van der Waals surface area contributed by atoms with Crippen molar-refractivity contribution in [1.29, 1.82) is 0 Å². The maximum atomic E-state index is 5.97. The number of likely N-dealkylation sites (N-methyl/N-ethyl adjacent to an activating group) is 2. The summed E-state index contributed by atoms with van der Waals surface area (Å²) in [5, 5.41) is 0. The van der Waals surface area contributed by atoms with Crippen LogP contribution in [0.2, 0.25) is 0 Å². The molecular weight excluding hydrogens is 849 g/mol. The molecule has 0 aliphatic rings. The molecule has 0 aliphatic heterocycles. The van der Waals surface area contributed by atoms with Gasteiger partial charge in [0.1, 0.15) is 0 Å². The largest absolute Gasteiger partial charge is 0.380 e. The molecule has 0 heterocycles. The Kier molecular flexibility index (Phi) is 64.1. The van der Waals surface area contributed by atoms with Gasteiger partial charge in [-0.2, -0.15) is 0 Å². The summed E-state index contributed by atoms with van der Waals surface area (Å²) in [4.78, 5) is 4.48. The van der Waals surface area contributed by atoms with Crippen LogP contribution in [0.5, 0.6) is 0 Å². The predicted octanol–water partition coefficient (Wildman–Crippen LogP) is 18.9. The Morgan fingerprint density at radius 3 is 0.725 bits per heavy atom. The molecule has 0 spiro atoms. The number of hydrogen-bond donors (Lipinski definition) is 0. The Hall–Kier alpha value is -1.02. The number of hydrogen-bond acceptors (Lipinski definition) is 6. The molecule has 0 aliphatic carbocycles. The lowest BCUT2D eigenvalue weighted by Crippen LogP contribution is -2.37. The SMILES string of the molecule is CCCCC/C=C\C/C=C\CCCCCCCCOCC(COCCCCCCCCC)N(C)C.CCCCCCCC/C=C\CCCCCCCCOCC(COCCCCCCCC)N(C)C. The first kappa shape index (κ1) is 70.1. The normalized spacial score (nSPS) is 13.0. The standard InChI is InChI=1S/C32H63NO2.C31H63NO2/c1-5-7-9-11-13-14-15-16-17-18-19-20-21-23-25-27-29-35-31-32(33(3)4)30-34-28-26-24-22-12-10-8-6-2;1-5-7-9-11-13-14-15-16-17-18-19-20-21-22-24-26-28-34-30-31(32(3)4)29-33-27-25-23-12-10-8-6-2/h13-14,16-17,32H,5-12,15,18-31H2,1-4H3;16-17,31H,5-15,18-30H2,1-4H3/b14-13-,17-16-;17-16-. The number of nitrogens with zero attached hydrogens (tertiary/aromatic N) is 2. The minimum absolute atomic E-state index is 0.365. The zero-order valence-electron chi connectivity index (χ0n) is 48.4. The maximum absolute atomic E-state index is 5.97. The Balaban J connectivity index is 0. The quantitative estimate of drug-likeness (QED) is 0.0447. The molecule has 0 N–H and O–H groups in total. The van der Waals surface area contributed by atoms with E-state index in [9.17, 15) is 0 Å². The summed E-state index contributed by atoms with van der Waals surface area (Å²) in [6.45, 7) is 15.8. The van der Waals surface area contributed by atoms with Crippen molar-refractivity contribution in [2.45, 2.75) is 290 Å². The number of rotatable bonds is 56. The van der Waals surface area contributed by atoms with Gasteiger partial charge in [-0.15, -0.1) is 0 Å². The molecule has 0 aromatic rings. The van der Waals surface area contributed by atoms with Crippen molar-refractivity contribution in [1.82, 2.24) is 9.80 Å². The topological polar surface area (TPSA) is 43.4 Å². The van der Waals surface area contributed by atoms with Crippen molar-refractivity contribution < 1.29 is 18.9 Å². The van der Waals surface area contributed by atoms with Crippen molar-refractivity contribution >= 4 is 0 Å². The molecule has 2 unspecified atom stereocenters. The van der Waals surface area contributed by atoms with Gasteiger partial charge in [0.15, 0.2) is 0 Å². The molecular formula is C63H126N2O4. The summed E-state index contributed by atoms with van der Waals surface area (Å²) >= 11 is 0. The van der Waals surface area contributed by atoms with Crippen LogP contribution in [0, 0.1) is 0 Å². The minimum Gasteiger partial charge on any atom is -0.380 e. The van der Waals surface area contributed by atoms with E-state index in [1.54, 1.807) is 0 Å². The van der Waals surface area contributed by atoms with Crippen molar-refractivity contribution in [3.63, 3.8) is 0 Å². The van der Waals surface area contributed by atoms with Gasteiger partial charge in [-0.05, 0) is 112 Å². The van der Waals surface area contributed by atoms with Gasteiger partial charge >= 0.3 is 0 Å². The van der Waals surface area contributed by atoms with Gasteiger partial charge in [-0.1, -0.05) is 231 Å². The van der Waals surface area contributed by atoms with E-state index < -0.39 is 0 Å². The predicted molar refractivity (Wildman–Crippen MR) is 308 cm³/mol. The third-order valence-corrected chi connectivity index (χ3v) is 13.5. The third-order valence-electron chi connectivity index (χ3n) is 13.5. The Labute approximate surface area is 434 Å². The summed E-state index contributed by atoms with van der Waals surface area (Å²) in [6.07, 6.45) is 65.8. The van der Waals surface area contributed by atoms with Gasteiger partial charge in [-0.3, -0.25) is 0 Å². The van der Waals surface area contributed by atoms with E-state index in [1.807, 2.05) is 0 Å². The Bertz CT molecular complexity index is 999. The van der Waals surface area contributed by atoms with Crippen molar-refractivity contribution in [2.75, 3.05) is 81.0 Å². The molecule has 69 heavy (non-hydrogen) atoms. The van der Waals surface area contributed by atoms with Crippen LogP contribution >= 0.6 is 0 Å². The van der Waals surface area contributed by atoms with Gasteiger partial charge in [0.05, 0.1) is 38.5 Å². The highest BCUT2D eigenvalue weighted by Crippen LogP contribution is 2.13. The van der Waals surface area contributed by atoms with Gasteiger partial charge in [-0.25, -0.2) is 0 Å². The molecule has 0 aromatic carbocycles. The second-order valence-corrected chi connectivity index (χ2v) is 20.9. The van der Waals surface area contributed by atoms with Crippen molar-refractivity contribution in [3.05, 3.63) is 36.5 Å². The third kappa shape index (κ3) is 61.2. The summed E-state index contributed by atoms with van der Waals surface area (Å²) < 4.78 is 23.8. The first-order valence-corrected chi connectivity index (χ1v) is 30.5. The Morgan fingerprint density at radius 2 is 0.464 bits per heavy atom. The molecule has 412 valence electrons. The molecule has 6 nitrogen and oxygen atoms in total. The van der Waals surface area contributed by atoms with Crippen LogP contribution in [0.25, 0.3) is 0 Å². The van der Waals surface area contributed by atoms with Crippen LogP contribution in [-0.4, -0.2) is 103 Å². The molecule has 0 saturated heterocycles. The van der Waals surface area contributed by atoms with E-state index in [1.165, 1.54) is 244 Å². The van der Waals surface area contributed by atoms with E-state index in [2.05, 4.69) is 102 Å². The highest BCUT2D eigenvalue weighted by molar-refractivity contribution is 4.92. The summed E-state index contributed by atoms with van der Waals surface area (Å²) in [5.41, 5.74) is 0. The van der Waals surface area contributed by atoms with E-state index in [0.29, 0.717) is 12.1 Å². The molecule has 0 aromatic heterocycles. The molecule has 0 radical (unpaired) electrons. The second-order valence-electron chi connectivity index (χ2n) is 20.9. The number of unbranched alkanes of at least 4 members (excludes halogenated alkanes) is 32. The van der Waals surface area contributed by atoms with Crippen LogP contribution in [0.1, 0.15) is 278 Å². The summed E-state index contributed by atoms with van der Waals surface area (Å²) in [6, 6.07) is 0.735. The number of allylic oxidation sites excluding steroid dienone is 6. The lowest BCUT2D eigenvalue weighted by atomic mass is 10.1. The van der Waals surface area contributed by atoms with Crippen molar-refractivity contribution in [3.8, 4) is 0 Å². The zero-order valence-corrected chi connectivity index (χ0v) is 48.4. The average molecular weight is 976 g/mol. The smallest absolute Gasteiger partial charge is 0.0644 e. The first-order valence-electron chi connectivity index (χ1n) is 30.5. The van der Waals surface area contributed by atoms with Crippen LogP contribution in [0.15, 0.2) is 36.5 Å². The Morgan fingerprint density at radius 1 is 0.261 bits per heavy atom. The van der Waals surface area contributed by atoms with E-state index in [-0.39, 0.29) is 0 Å². The van der Waals surface area contributed by atoms with Gasteiger partial charge in [0.25, 0.3) is 0 Å². The first-order chi connectivity index (χ1) is 33.9. The molecule has 2 atom stereocenters. The van der Waals surface area contributed by atoms with E-state index in [0.717, 1.165) is 59.3 Å². The molecule has 0 amide bonds. The molecule has 0 rings (SSSR count). The van der Waals surface area contributed by atoms with E-state index in [4.69, 9.17) is 18.9 Å². The minimum atomic E-state index is 0.365. The van der Waals surface area contributed by atoms with Crippen LogP contribution in [0.3, 0.4) is 0 Å². The second kappa shape index (κ2) is 63.1. The zero-order chi connectivity index (χ0) is 50.6. The van der Waals surface area contributed by atoms with Gasteiger partial charge in [0, 0.05) is 26.4 Å². The highest BCUT2D eigenvalue weighted by Gasteiger charge is 2.13. The lowest BCUT2D eigenvalue weighted by Gasteiger charge is -2.24. The monoisotopic (exact) mass is 975 g/mol. The fourth-order valence-corrected chi connectivity index (χ4v) is 8.36. The molecule has 0 bridgehead atoms. The summed E-state index contributed by atoms with van der Waals surface area (Å²) in [5.74, 6) is 0. The molecule has 0 fully saturated rings. The van der Waals surface area contributed by atoms with Crippen LogP contribution in [-0.2, 0) is 18.9 Å². The van der Waals surface area contributed by atoms with Crippen LogP contribution < -0.4 is 0 Å². The van der Waals surface area contributed by atoms with Gasteiger partial charge < -0.3 is 28.7 Å². The van der Waals surface area contributed by atoms with E-state index >= 15 is 0 Å². The summed E-state index contributed by atoms with van der Waals surface area (Å²) in [7, 11) is 8.52. The average Bonchev–Trinajstić information content (AvgIpc) is 3.34. The lowest BCUT2D eigenvalue weighted by molar-refractivity contribution is 0.0196. The number of ether oxygens (including phenoxy) is 4. The van der Waals surface area contributed by atoms with Crippen molar-refractivity contribution in [2.24, 2.45) is 0 Å². The highest BCUT2D eigenvalue weighted by atomic mass is 16.5. The molecule has 6 heteroatoms. The fraction of sp³-hybridized carbons (Fsp3) is 0.905. The fourth-order valence-electron chi connectivity index (χ4n) is 8.36.